The van der Waals surface area contributed by atoms with Crippen LogP contribution in [-0.4, -0.2) is 17.6 Å². The summed E-state index contributed by atoms with van der Waals surface area (Å²) in [6.07, 6.45) is 2.13. The van der Waals surface area contributed by atoms with E-state index in [0.29, 0.717) is 12.0 Å². The molecule has 0 aliphatic rings. The number of hydrogen-bond donors (Lipinski definition) is 1. The van der Waals surface area contributed by atoms with E-state index in [0.717, 1.165) is 18.7 Å². The van der Waals surface area contributed by atoms with Crippen LogP contribution in [0.2, 0.25) is 0 Å². The van der Waals surface area contributed by atoms with Gasteiger partial charge in [-0.25, -0.2) is 4.39 Å². The van der Waals surface area contributed by atoms with E-state index in [-0.39, 0.29) is 5.82 Å². The molecule has 1 rings (SSSR count). The first-order chi connectivity index (χ1) is 7.13. The molecule has 0 amide bonds. The van der Waals surface area contributed by atoms with Crippen molar-refractivity contribution in [2.24, 2.45) is 5.92 Å². The summed E-state index contributed by atoms with van der Waals surface area (Å²) in [5.41, 5.74) is 0.941. The average molecular weight is 210 g/mol. The van der Waals surface area contributed by atoms with E-state index >= 15 is 0 Å². The molecule has 1 aromatic heterocycles. The Morgan fingerprint density at radius 2 is 2.13 bits per heavy atom. The van der Waals surface area contributed by atoms with Gasteiger partial charge < -0.3 is 5.32 Å². The molecule has 0 saturated heterocycles. The Balaban J connectivity index is 2.61. The van der Waals surface area contributed by atoms with E-state index < -0.39 is 0 Å². The van der Waals surface area contributed by atoms with E-state index in [9.17, 15) is 4.39 Å². The number of nitrogens with zero attached hydrogens (tertiary/aromatic N) is 1. The zero-order valence-electron chi connectivity index (χ0n) is 9.63. The number of hydrogen-bond acceptors (Lipinski definition) is 2. The van der Waals surface area contributed by atoms with Gasteiger partial charge in [-0.1, -0.05) is 20.8 Å². The average Bonchev–Trinajstić information content (AvgIpc) is 2.20. The van der Waals surface area contributed by atoms with Crippen molar-refractivity contribution in [3.05, 3.63) is 29.8 Å². The van der Waals surface area contributed by atoms with Crippen molar-refractivity contribution in [3.8, 4) is 0 Å². The van der Waals surface area contributed by atoms with Crippen molar-refractivity contribution in [1.29, 1.82) is 0 Å². The summed E-state index contributed by atoms with van der Waals surface area (Å²) in [5.74, 6) is 0.278. The van der Waals surface area contributed by atoms with Gasteiger partial charge >= 0.3 is 0 Å². The summed E-state index contributed by atoms with van der Waals surface area (Å²) in [7, 11) is 0. The number of halogens is 1. The molecule has 0 aliphatic heterocycles. The lowest BCUT2D eigenvalue weighted by Crippen LogP contribution is -2.35. The highest BCUT2D eigenvalue weighted by Crippen LogP contribution is 2.08. The third kappa shape index (κ3) is 3.96. The fraction of sp³-hybridized carbons (Fsp3) is 0.583. The number of nitrogens with one attached hydrogen (secondary N) is 1. The monoisotopic (exact) mass is 210 g/mol. The second kappa shape index (κ2) is 5.81. The van der Waals surface area contributed by atoms with Crippen molar-refractivity contribution in [1.82, 2.24) is 10.3 Å². The Morgan fingerprint density at radius 1 is 1.40 bits per heavy atom. The highest BCUT2D eigenvalue weighted by molar-refractivity contribution is 5.07. The molecule has 0 aromatic carbocycles. The van der Waals surface area contributed by atoms with Crippen molar-refractivity contribution in [2.45, 2.75) is 33.2 Å². The molecule has 0 aliphatic carbocycles. The molecule has 0 spiro atoms. The van der Waals surface area contributed by atoms with Crippen molar-refractivity contribution in [2.75, 3.05) is 6.54 Å². The zero-order chi connectivity index (χ0) is 11.3. The molecule has 0 saturated carbocycles. The van der Waals surface area contributed by atoms with Gasteiger partial charge in [0.2, 0.25) is 0 Å². The molecule has 1 heterocycles. The van der Waals surface area contributed by atoms with Crippen LogP contribution in [0.3, 0.4) is 0 Å². The van der Waals surface area contributed by atoms with Gasteiger partial charge in [0.25, 0.3) is 0 Å². The van der Waals surface area contributed by atoms with Gasteiger partial charge in [0.05, 0.1) is 6.20 Å². The van der Waals surface area contributed by atoms with Crippen molar-refractivity contribution in [3.63, 3.8) is 0 Å². The van der Waals surface area contributed by atoms with E-state index in [1.54, 1.807) is 6.07 Å². The fourth-order valence-electron chi connectivity index (χ4n) is 1.56. The first-order valence-corrected chi connectivity index (χ1v) is 5.47. The normalized spacial score (nSPS) is 13.1. The van der Waals surface area contributed by atoms with Crippen LogP contribution in [0, 0.1) is 11.7 Å². The maximum Gasteiger partial charge on any atom is 0.141 e. The topological polar surface area (TPSA) is 24.9 Å². The molecular formula is C12H19FN2. The van der Waals surface area contributed by atoms with E-state index in [1.807, 2.05) is 0 Å². The Kier molecular flexibility index (Phi) is 4.69. The minimum Gasteiger partial charge on any atom is -0.314 e. The Hall–Kier alpha value is -0.960. The van der Waals surface area contributed by atoms with Gasteiger partial charge in [-0.15, -0.1) is 0 Å². The first-order valence-electron chi connectivity index (χ1n) is 5.47. The summed E-state index contributed by atoms with van der Waals surface area (Å²) in [6, 6.07) is 3.63. The molecule has 2 nitrogen and oxygen atoms in total. The quantitative estimate of drug-likeness (QED) is 0.807. The van der Waals surface area contributed by atoms with Crippen LogP contribution >= 0.6 is 0 Å². The summed E-state index contributed by atoms with van der Waals surface area (Å²) in [5, 5.41) is 3.41. The number of aromatic nitrogens is 1. The van der Waals surface area contributed by atoms with Crippen molar-refractivity contribution >= 4 is 0 Å². The van der Waals surface area contributed by atoms with Gasteiger partial charge in [-0.3, -0.25) is 4.98 Å². The second-order valence-corrected chi connectivity index (χ2v) is 4.08. The highest BCUT2D eigenvalue weighted by Gasteiger charge is 2.13. The Labute approximate surface area is 90.9 Å². The summed E-state index contributed by atoms with van der Waals surface area (Å²) in [4.78, 5) is 4.07. The Morgan fingerprint density at radius 3 is 2.60 bits per heavy atom. The number of rotatable bonds is 5. The molecule has 0 bridgehead atoms. The lowest BCUT2D eigenvalue weighted by Gasteiger charge is -2.21. The van der Waals surface area contributed by atoms with Crippen LogP contribution < -0.4 is 5.32 Å². The van der Waals surface area contributed by atoms with E-state index in [1.165, 1.54) is 12.3 Å². The predicted molar refractivity (Wildman–Crippen MR) is 60.2 cm³/mol. The van der Waals surface area contributed by atoms with Crippen LogP contribution in [0.5, 0.6) is 0 Å². The van der Waals surface area contributed by atoms with Gasteiger partial charge in [0, 0.05) is 18.2 Å². The molecule has 1 aromatic rings. The predicted octanol–water partition coefficient (Wildman–Crippen LogP) is 2.40. The van der Waals surface area contributed by atoms with Crippen LogP contribution in [0.15, 0.2) is 18.3 Å². The molecule has 15 heavy (non-hydrogen) atoms. The second-order valence-electron chi connectivity index (χ2n) is 4.08. The van der Waals surface area contributed by atoms with Crippen LogP contribution in [-0.2, 0) is 6.42 Å². The third-order valence-corrected chi connectivity index (χ3v) is 2.49. The van der Waals surface area contributed by atoms with Gasteiger partial charge in [0.15, 0.2) is 0 Å². The molecule has 1 atom stereocenters. The van der Waals surface area contributed by atoms with Gasteiger partial charge in [-0.05, 0) is 24.6 Å². The summed E-state index contributed by atoms with van der Waals surface area (Å²) < 4.78 is 12.7. The van der Waals surface area contributed by atoms with E-state index in [2.05, 4.69) is 31.1 Å². The summed E-state index contributed by atoms with van der Waals surface area (Å²) in [6.45, 7) is 7.39. The maximum absolute atomic E-state index is 12.7. The molecular weight excluding hydrogens is 191 g/mol. The lowest BCUT2D eigenvalue weighted by atomic mass is 9.99. The largest absolute Gasteiger partial charge is 0.314 e. The van der Waals surface area contributed by atoms with Gasteiger partial charge in [0.1, 0.15) is 5.82 Å². The van der Waals surface area contributed by atoms with Crippen LogP contribution in [0.4, 0.5) is 4.39 Å². The minimum atomic E-state index is -0.275. The Bertz CT molecular complexity index is 282. The lowest BCUT2D eigenvalue weighted by molar-refractivity contribution is 0.402. The van der Waals surface area contributed by atoms with E-state index in [4.69, 9.17) is 0 Å². The first kappa shape index (κ1) is 12.1. The smallest absolute Gasteiger partial charge is 0.141 e. The fourth-order valence-corrected chi connectivity index (χ4v) is 1.56. The van der Waals surface area contributed by atoms with Crippen LogP contribution in [0.1, 0.15) is 26.5 Å². The SMILES string of the molecule is CCNC(Cc1ccc(F)cn1)C(C)C. The molecule has 0 radical (unpaired) electrons. The molecule has 1 N–H and O–H groups in total. The molecule has 3 heteroatoms. The van der Waals surface area contributed by atoms with Crippen molar-refractivity contribution < 1.29 is 4.39 Å². The standard InChI is InChI=1S/C12H19FN2/c1-4-14-12(9(2)3)7-11-6-5-10(13)8-15-11/h5-6,8-9,12,14H,4,7H2,1-3H3. The maximum atomic E-state index is 12.7. The zero-order valence-corrected chi connectivity index (χ0v) is 9.63. The molecule has 84 valence electrons. The minimum absolute atomic E-state index is 0.275. The third-order valence-electron chi connectivity index (χ3n) is 2.49. The number of pyridine rings is 1. The highest BCUT2D eigenvalue weighted by atomic mass is 19.1. The summed E-state index contributed by atoms with van der Waals surface area (Å²) >= 11 is 0. The van der Waals surface area contributed by atoms with Gasteiger partial charge in [-0.2, -0.15) is 0 Å². The molecule has 1 unspecified atom stereocenters. The molecule has 0 fully saturated rings. The number of likely N-dealkylation sites (N-methyl/N-ethyl adjacent to an activating group) is 1. The van der Waals surface area contributed by atoms with Crippen LogP contribution in [0.25, 0.3) is 0 Å².